The van der Waals surface area contributed by atoms with Crippen molar-refractivity contribution in [3.63, 3.8) is 0 Å². The molecule has 0 radical (unpaired) electrons. The first-order valence-electron chi connectivity index (χ1n) is 6.65. The largest absolute Gasteiger partial charge is 0.311 e. The number of aryl methyl sites for hydroxylation is 1. The van der Waals surface area contributed by atoms with Crippen molar-refractivity contribution in [2.24, 2.45) is 0 Å². The molecule has 20 heavy (non-hydrogen) atoms. The zero-order valence-electron chi connectivity index (χ0n) is 11.7. The molecule has 0 aromatic carbocycles. The van der Waals surface area contributed by atoms with Crippen LogP contribution in [0.3, 0.4) is 0 Å². The monoisotopic (exact) mass is 289 g/mol. The van der Waals surface area contributed by atoms with Crippen LogP contribution in [0, 0.1) is 6.92 Å². The van der Waals surface area contributed by atoms with Crippen molar-refractivity contribution < 1.29 is 4.79 Å². The lowest BCUT2D eigenvalue weighted by atomic mass is 10.2. The molecule has 2 rings (SSSR count). The molecule has 0 saturated carbocycles. The maximum atomic E-state index is 11.8. The number of rotatable bonds is 6. The molecule has 0 aliphatic rings. The van der Waals surface area contributed by atoms with E-state index in [0.29, 0.717) is 18.8 Å². The molecule has 2 aromatic heterocycles. The topological polar surface area (TPSA) is 54.0 Å². The molecule has 5 heteroatoms. The molecule has 0 bridgehead atoms. The Kier molecular flexibility index (Phi) is 5.26. The Bertz CT molecular complexity index is 554. The molecule has 0 aliphatic heterocycles. The van der Waals surface area contributed by atoms with Crippen LogP contribution in [0.1, 0.15) is 30.0 Å². The number of carbonyl (C=O) groups is 1. The van der Waals surface area contributed by atoms with Crippen LogP contribution in [0.2, 0.25) is 0 Å². The Morgan fingerprint density at radius 3 is 2.90 bits per heavy atom. The van der Waals surface area contributed by atoms with Crippen LogP contribution < -0.4 is 10.6 Å². The number of amides is 1. The van der Waals surface area contributed by atoms with Crippen molar-refractivity contribution >= 4 is 23.1 Å². The van der Waals surface area contributed by atoms with Gasteiger partial charge in [-0.15, -0.1) is 11.3 Å². The number of pyridine rings is 1. The summed E-state index contributed by atoms with van der Waals surface area (Å²) >= 11 is 1.72. The van der Waals surface area contributed by atoms with Crippen molar-refractivity contribution in [3.05, 3.63) is 46.3 Å². The minimum absolute atomic E-state index is 0.0195. The minimum atomic E-state index is -0.0195. The van der Waals surface area contributed by atoms with Crippen LogP contribution in [-0.2, 0) is 4.79 Å². The third-order valence-corrected chi connectivity index (χ3v) is 3.98. The smallest absolute Gasteiger partial charge is 0.226 e. The minimum Gasteiger partial charge on any atom is -0.311 e. The van der Waals surface area contributed by atoms with E-state index < -0.39 is 0 Å². The van der Waals surface area contributed by atoms with Gasteiger partial charge in [0.25, 0.3) is 0 Å². The lowest BCUT2D eigenvalue weighted by Crippen LogP contribution is -2.24. The maximum absolute atomic E-state index is 11.8. The summed E-state index contributed by atoms with van der Waals surface area (Å²) < 4.78 is 0. The van der Waals surface area contributed by atoms with Gasteiger partial charge in [-0.05, 0) is 37.4 Å². The summed E-state index contributed by atoms with van der Waals surface area (Å²) in [7, 11) is 0. The highest BCUT2D eigenvalue weighted by molar-refractivity contribution is 7.10. The summed E-state index contributed by atoms with van der Waals surface area (Å²) in [6, 6.07) is 9.99. The van der Waals surface area contributed by atoms with Gasteiger partial charge >= 0.3 is 0 Å². The van der Waals surface area contributed by atoms with E-state index in [0.717, 1.165) is 5.69 Å². The van der Waals surface area contributed by atoms with Gasteiger partial charge in [-0.2, -0.15) is 0 Å². The second-order valence-corrected chi connectivity index (χ2v) is 5.63. The average molecular weight is 289 g/mol. The third-order valence-electron chi connectivity index (χ3n) is 2.93. The number of hydrogen-bond donors (Lipinski definition) is 2. The molecule has 106 valence electrons. The maximum Gasteiger partial charge on any atom is 0.226 e. The highest BCUT2D eigenvalue weighted by Crippen LogP contribution is 2.17. The van der Waals surface area contributed by atoms with E-state index in [1.54, 1.807) is 17.4 Å². The van der Waals surface area contributed by atoms with Crippen molar-refractivity contribution in [2.45, 2.75) is 26.3 Å². The summed E-state index contributed by atoms with van der Waals surface area (Å²) in [5, 5.41) is 8.21. The lowest BCUT2D eigenvalue weighted by Gasteiger charge is -2.11. The van der Waals surface area contributed by atoms with Crippen LogP contribution in [0.4, 0.5) is 5.82 Å². The number of aromatic nitrogens is 1. The Morgan fingerprint density at radius 1 is 1.35 bits per heavy atom. The van der Waals surface area contributed by atoms with Crippen LogP contribution in [0.25, 0.3) is 0 Å². The third kappa shape index (κ3) is 4.43. The predicted molar refractivity (Wildman–Crippen MR) is 83.0 cm³/mol. The highest BCUT2D eigenvalue weighted by Gasteiger charge is 2.07. The van der Waals surface area contributed by atoms with Crippen molar-refractivity contribution in [2.75, 3.05) is 11.9 Å². The van der Waals surface area contributed by atoms with Gasteiger partial charge in [0.15, 0.2) is 0 Å². The Hall–Kier alpha value is -1.72. The van der Waals surface area contributed by atoms with Crippen LogP contribution in [0.15, 0.2) is 35.7 Å². The summed E-state index contributed by atoms with van der Waals surface area (Å²) in [6.07, 6.45) is 0.436. The predicted octanol–water partition coefficient (Wildman–Crippen LogP) is 3.13. The lowest BCUT2D eigenvalue weighted by molar-refractivity contribution is -0.116. The first-order chi connectivity index (χ1) is 9.65. The molecule has 2 N–H and O–H groups in total. The van der Waals surface area contributed by atoms with Gasteiger partial charge in [0.1, 0.15) is 5.82 Å². The zero-order chi connectivity index (χ0) is 14.4. The van der Waals surface area contributed by atoms with Gasteiger partial charge in [-0.3, -0.25) is 4.79 Å². The standard InChI is InChI=1S/C15H19N3OS/c1-11-5-3-7-14(17-11)18-15(19)8-9-16-12(2)13-6-4-10-20-13/h3-7,10,12,16H,8-9H2,1-2H3,(H,17,18,19)/t12-/m0/s1. The van der Waals surface area contributed by atoms with E-state index >= 15 is 0 Å². The van der Waals surface area contributed by atoms with Crippen molar-refractivity contribution in [3.8, 4) is 0 Å². The quantitative estimate of drug-likeness (QED) is 0.859. The van der Waals surface area contributed by atoms with E-state index in [1.807, 2.05) is 25.1 Å². The number of anilines is 1. The molecule has 0 spiro atoms. The van der Waals surface area contributed by atoms with Gasteiger partial charge in [-0.1, -0.05) is 12.1 Å². The number of nitrogens with one attached hydrogen (secondary N) is 2. The fourth-order valence-electron chi connectivity index (χ4n) is 1.86. The Balaban J connectivity index is 1.73. The summed E-state index contributed by atoms with van der Waals surface area (Å²) in [4.78, 5) is 17.3. The van der Waals surface area contributed by atoms with Gasteiger partial charge in [-0.25, -0.2) is 4.98 Å². The molecule has 1 atom stereocenters. The zero-order valence-corrected chi connectivity index (χ0v) is 12.5. The van der Waals surface area contributed by atoms with Crippen LogP contribution in [-0.4, -0.2) is 17.4 Å². The number of nitrogens with zero attached hydrogens (tertiary/aromatic N) is 1. The SMILES string of the molecule is Cc1cccc(NC(=O)CCN[C@@H](C)c2cccs2)n1. The molecule has 2 aromatic rings. The van der Waals surface area contributed by atoms with Crippen LogP contribution in [0.5, 0.6) is 0 Å². The van der Waals surface area contributed by atoms with Gasteiger partial charge in [0.2, 0.25) is 5.91 Å². The second-order valence-electron chi connectivity index (χ2n) is 4.65. The van der Waals surface area contributed by atoms with E-state index in [1.165, 1.54) is 4.88 Å². The molecule has 0 saturated heterocycles. The molecule has 0 unspecified atom stereocenters. The normalized spacial score (nSPS) is 12.1. The second kappa shape index (κ2) is 7.17. The summed E-state index contributed by atoms with van der Waals surface area (Å²) in [5.41, 5.74) is 0.896. The number of carbonyl (C=O) groups excluding carboxylic acids is 1. The Morgan fingerprint density at radius 2 is 2.20 bits per heavy atom. The van der Waals surface area contributed by atoms with E-state index in [-0.39, 0.29) is 11.9 Å². The Labute approximate surface area is 123 Å². The molecule has 0 fully saturated rings. The van der Waals surface area contributed by atoms with E-state index in [4.69, 9.17) is 0 Å². The van der Waals surface area contributed by atoms with Gasteiger partial charge in [0.05, 0.1) is 0 Å². The van der Waals surface area contributed by atoms with Crippen molar-refractivity contribution in [1.29, 1.82) is 0 Å². The van der Waals surface area contributed by atoms with Crippen LogP contribution >= 0.6 is 11.3 Å². The van der Waals surface area contributed by atoms with Gasteiger partial charge in [0, 0.05) is 29.6 Å². The van der Waals surface area contributed by atoms with Crippen molar-refractivity contribution in [1.82, 2.24) is 10.3 Å². The summed E-state index contributed by atoms with van der Waals surface area (Å²) in [6.45, 7) is 4.66. The van der Waals surface area contributed by atoms with E-state index in [9.17, 15) is 4.79 Å². The molecule has 0 aliphatic carbocycles. The number of hydrogen-bond acceptors (Lipinski definition) is 4. The average Bonchev–Trinajstić information content (AvgIpc) is 2.92. The number of thiophene rings is 1. The molecular weight excluding hydrogens is 270 g/mol. The highest BCUT2D eigenvalue weighted by atomic mass is 32.1. The summed E-state index contributed by atoms with van der Waals surface area (Å²) in [5.74, 6) is 0.593. The fourth-order valence-corrected chi connectivity index (χ4v) is 2.62. The van der Waals surface area contributed by atoms with Gasteiger partial charge < -0.3 is 10.6 Å². The first kappa shape index (κ1) is 14.7. The molecule has 4 nitrogen and oxygen atoms in total. The molecular formula is C15H19N3OS. The first-order valence-corrected chi connectivity index (χ1v) is 7.53. The van der Waals surface area contributed by atoms with E-state index in [2.05, 4.69) is 34.0 Å². The fraction of sp³-hybridized carbons (Fsp3) is 0.333. The molecule has 1 amide bonds. The molecule has 2 heterocycles.